The van der Waals surface area contributed by atoms with Crippen molar-refractivity contribution in [3.05, 3.63) is 57.0 Å². The highest BCUT2D eigenvalue weighted by molar-refractivity contribution is 9.11. The molecule has 2 amide bonds. The highest BCUT2D eigenvalue weighted by Crippen LogP contribution is 2.33. The monoisotopic (exact) mass is 508 g/mol. The lowest BCUT2D eigenvalue weighted by atomic mass is 10.2. The molecule has 2 aromatic carbocycles. The van der Waals surface area contributed by atoms with E-state index in [0.717, 1.165) is 27.4 Å². The van der Waals surface area contributed by atoms with Crippen LogP contribution in [0.5, 0.6) is 5.75 Å². The Balaban J connectivity index is 2.05. The number of hydrogen-bond acceptors (Lipinski definition) is 3. The lowest BCUT2D eigenvalue weighted by Gasteiger charge is -2.09. The summed E-state index contributed by atoms with van der Waals surface area (Å²) >= 11 is 6.86. The van der Waals surface area contributed by atoms with Crippen molar-refractivity contribution < 1.29 is 14.3 Å². The summed E-state index contributed by atoms with van der Waals surface area (Å²) in [4.78, 5) is 24.1. The zero-order valence-electron chi connectivity index (χ0n) is 15.7. The van der Waals surface area contributed by atoms with E-state index in [1.807, 2.05) is 19.1 Å². The molecule has 0 aliphatic rings. The quantitative estimate of drug-likeness (QED) is 0.429. The molecule has 5 nitrogen and oxygen atoms in total. The van der Waals surface area contributed by atoms with Gasteiger partial charge >= 0.3 is 0 Å². The van der Waals surface area contributed by atoms with Crippen LogP contribution in [0.3, 0.4) is 0 Å². The first kappa shape index (κ1) is 22.2. The first-order valence-corrected chi connectivity index (χ1v) is 10.4. The van der Waals surface area contributed by atoms with Crippen LogP contribution in [0.1, 0.15) is 31.7 Å². The van der Waals surface area contributed by atoms with Crippen molar-refractivity contribution in [1.29, 1.82) is 0 Å². The van der Waals surface area contributed by atoms with Crippen molar-refractivity contribution in [2.45, 2.75) is 26.2 Å². The highest BCUT2D eigenvalue weighted by Gasteiger charge is 2.08. The number of amides is 2. The number of ether oxygens (including phenoxy) is 1. The molecule has 0 spiro atoms. The van der Waals surface area contributed by atoms with E-state index in [2.05, 4.69) is 42.5 Å². The maximum atomic E-state index is 12.3. The highest BCUT2D eigenvalue weighted by atomic mass is 79.9. The van der Waals surface area contributed by atoms with Crippen LogP contribution in [0.15, 0.2) is 51.4 Å². The summed E-state index contributed by atoms with van der Waals surface area (Å²) in [5.41, 5.74) is 2.02. The molecule has 0 saturated carbocycles. The molecule has 0 aromatic heterocycles. The van der Waals surface area contributed by atoms with Crippen molar-refractivity contribution in [2.24, 2.45) is 0 Å². The predicted octanol–water partition coefficient (Wildman–Crippen LogP) is 6.00. The molecule has 0 heterocycles. The van der Waals surface area contributed by atoms with Crippen molar-refractivity contribution in [3.63, 3.8) is 0 Å². The van der Waals surface area contributed by atoms with Gasteiger partial charge in [0.2, 0.25) is 11.8 Å². The van der Waals surface area contributed by atoms with Gasteiger partial charge in [0.25, 0.3) is 0 Å². The van der Waals surface area contributed by atoms with E-state index in [-0.39, 0.29) is 11.8 Å². The molecule has 7 heteroatoms. The van der Waals surface area contributed by atoms with Crippen LogP contribution in [-0.4, -0.2) is 18.9 Å². The van der Waals surface area contributed by atoms with E-state index >= 15 is 0 Å². The molecule has 0 bridgehead atoms. The molecule has 0 unspecified atom stereocenters. The Labute approximate surface area is 181 Å². The molecule has 0 atom stereocenters. The van der Waals surface area contributed by atoms with E-state index < -0.39 is 0 Å². The summed E-state index contributed by atoms with van der Waals surface area (Å²) in [6.07, 6.45) is 5.42. The van der Waals surface area contributed by atoms with Crippen LogP contribution >= 0.6 is 31.9 Å². The fraction of sp³-hybridized carbons (Fsp3) is 0.238. The Morgan fingerprint density at radius 3 is 2.50 bits per heavy atom. The number of hydrogen-bond donors (Lipinski definition) is 2. The summed E-state index contributed by atoms with van der Waals surface area (Å²) < 4.78 is 7.03. The maximum absolute atomic E-state index is 12.3. The van der Waals surface area contributed by atoms with E-state index in [1.54, 1.807) is 37.5 Å². The lowest BCUT2D eigenvalue weighted by Crippen LogP contribution is -2.12. The molecule has 0 radical (unpaired) electrons. The van der Waals surface area contributed by atoms with Crippen molar-refractivity contribution in [3.8, 4) is 5.75 Å². The zero-order valence-corrected chi connectivity index (χ0v) is 18.9. The third kappa shape index (κ3) is 6.80. The summed E-state index contributed by atoms with van der Waals surface area (Å²) in [6, 6.07) is 10.8. The summed E-state index contributed by atoms with van der Waals surface area (Å²) in [7, 11) is 1.58. The maximum Gasteiger partial charge on any atom is 0.248 e. The predicted molar refractivity (Wildman–Crippen MR) is 121 cm³/mol. The number of nitrogens with one attached hydrogen (secondary N) is 2. The van der Waals surface area contributed by atoms with Gasteiger partial charge in [-0.05, 0) is 58.8 Å². The van der Waals surface area contributed by atoms with Gasteiger partial charge in [0.1, 0.15) is 5.75 Å². The number of benzene rings is 2. The van der Waals surface area contributed by atoms with Crippen molar-refractivity contribution in [2.75, 3.05) is 17.7 Å². The summed E-state index contributed by atoms with van der Waals surface area (Å²) in [5.74, 6) is 0.328. The zero-order chi connectivity index (χ0) is 20.5. The van der Waals surface area contributed by atoms with E-state index in [4.69, 9.17) is 4.74 Å². The van der Waals surface area contributed by atoms with Gasteiger partial charge in [-0.25, -0.2) is 0 Å². The average Bonchev–Trinajstić information content (AvgIpc) is 2.64. The minimum Gasteiger partial charge on any atom is -0.495 e. The minimum absolute atomic E-state index is 0.0300. The lowest BCUT2D eigenvalue weighted by molar-refractivity contribution is -0.116. The molecule has 2 aromatic rings. The standard InChI is InChI=1S/C21H22Br2N2O3/c1-3-4-8-19(26)24-16-6-5-7-17(13-16)25-20(27)10-9-14-11-15(22)12-18(23)21(14)28-2/h5-7,9-13H,3-4,8H2,1-2H3,(H,24,26)(H,25,27). The van der Waals surface area contributed by atoms with Gasteiger partial charge in [0.15, 0.2) is 0 Å². The summed E-state index contributed by atoms with van der Waals surface area (Å²) in [6.45, 7) is 2.04. The number of carbonyl (C=O) groups is 2. The number of methoxy groups -OCH3 is 1. The number of rotatable bonds is 8. The second-order valence-electron chi connectivity index (χ2n) is 6.07. The Kier molecular flexibility index (Phi) is 8.73. The Morgan fingerprint density at radius 1 is 1.11 bits per heavy atom. The third-order valence-electron chi connectivity index (χ3n) is 3.83. The minimum atomic E-state index is -0.285. The van der Waals surface area contributed by atoms with Gasteiger partial charge in [-0.15, -0.1) is 0 Å². The topological polar surface area (TPSA) is 67.4 Å². The molecule has 2 N–H and O–H groups in total. The van der Waals surface area contributed by atoms with Gasteiger partial charge in [-0.3, -0.25) is 9.59 Å². The molecule has 0 fully saturated rings. The number of halogens is 2. The van der Waals surface area contributed by atoms with Crippen molar-refractivity contribution in [1.82, 2.24) is 0 Å². The van der Waals surface area contributed by atoms with Gasteiger partial charge < -0.3 is 15.4 Å². The van der Waals surface area contributed by atoms with Crippen LogP contribution in [-0.2, 0) is 9.59 Å². The second-order valence-corrected chi connectivity index (χ2v) is 7.84. The van der Waals surface area contributed by atoms with Crippen LogP contribution in [0.4, 0.5) is 11.4 Å². The fourth-order valence-corrected chi connectivity index (χ4v) is 3.92. The SMILES string of the molecule is CCCCC(=O)Nc1cccc(NC(=O)C=Cc2cc(Br)cc(Br)c2OC)c1. The van der Waals surface area contributed by atoms with E-state index in [9.17, 15) is 9.59 Å². The average molecular weight is 510 g/mol. The van der Waals surface area contributed by atoms with E-state index in [0.29, 0.717) is 23.5 Å². The van der Waals surface area contributed by atoms with Crippen LogP contribution in [0.25, 0.3) is 6.08 Å². The Hall–Kier alpha value is -2.12. The van der Waals surface area contributed by atoms with E-state index in [1.165, 1.54) is 6.08 Å². The number of anilines is 2. The molecule has 148 valence electrons. The molecular formula is C21H22Br2N2O3. The van der Waals surface area contributed by atoms with Crippen molar-refractivity contribution >= 4 is 61.1 Å². The molecule has 0 aliphatic carbocycles. The van der Waals surface area contributed by atoms with Crippen LogP contribution < -0.4 is 15.4 Å². The smallest absolute Gasteiger partial charge is 0.248 e. The Bertz CT molecular complexity index is 882. The third-order valence-corrected chi connectivity index (χ3v) is 4.87. The fourth-order valence-electron chi connectivity index (χ4n) is 2.50. The number of carbonyl (C=O) groups excluding carboxylic acids is 2. The van der Waals surface area contributed by atoms with Crippen LogP contribution in [0.2, 0.25) is 0 Å². The van der Waals surface area contributed by atoms with Crippen LogP contribution in [0, 0.1) is 0 Å². The molecule has 28 heavy (non-hydrogen) atoms. The first-order valence-electron chi connectivity index (χ1n) is 8.85. The van der Waals surface area contributed by atoms with Gasteiger partial charge in [-0.1, -0.05) is 35.3 Å². The molecular weight excluding hydrogens is 488 g/mol. The molecule has 0 saturated heterocycles. The summed E-state index contributed by atoms with van der Waals surface area (Å²) in [5, 5.41) is 5.63. The van der Waals surface area contributed by atoms with Gasteiger partial charge in [0.05, 0.1) is 11.6 Å². The molecule has 2 rings (SSSR count). The Morgan fingerprint density at radius 2 is 1.82 bits per heavy atom. The molecule has 0 aliphatic heterocycles. The largest absolute Gasteiger partial charge is 0.495 e. The second kappa shape index (κ2) is 11.0. The normalized spacial score (nSPS) is 10.7. The number of unbranched alkanes of at least 4 members (excludes halogenated alkanes) is 1. The van der Waals surface area contributed by atoms with Gasteiger partial charge in [-0.2, -0.15) is 0 Å². The van der Waals surface area contributed by atoms with Gasteiger partial charge in [0, 0.05) is 33.9 Å². The first-order chi connectivity index (χ1) is 13.4.